The standard InChI is InChI=1S/C25H39O3P/c26-29(27,28)22-16-8-6-4-2-1-3-5-7-15-21-25(23-17-11-9-12-18-23)24-19-13-10-14-20-24/h9-14,17-20,25-29H,1-8,15-16,21-22H2. The molecule has 3 nitrogen and oxygen atoms in total. The Labute approximate surface area is 177 Å². The van der Waals surface area contributed by atoms with Gasteiger partial charge in [0.15, 0.2) is 0 Å². The molecule has 0 spiro atoms. The molecule has 0 atom stereocenters. The van der Waals surface area contributed by atoms with Gasteiger partial charge in [0.05, 0.1) is 0 Å². The zero-order valence-electron chi connectivity index (χ0n) is 17.7. The molecule has 0 saturated heterocycles. The fourth-order valence-corrected chi connectivity index (χ4v) is 4.75. The van der Waals surface area contributed by atoms with E-state index >= 15 is 0 Å². The Morgan fingerprint density at radius 3 is 1.31 bits per heavy atom. The summed E-state index contributed by atoms with van der Waals surface area (Å²) in [5.74, 6) is 0.496. The van der Waals surface area contributed by atoms with Crippen molar-refractivity contribution in [3.05, 3.63) is 71.8 Å². The van der Waals surface area contributed by atoms with Crippen LogP contribution in [0.15, 0.2) is 60.7 Å². The molecule has 162 valence electrons. The molecule has 29 heavy (non-hydrogen) atoms. The maximum atomic E-state index is 8.97. The van der Waals surface area contributed by atoms with Gasteiger partial charge in [0.2, 0.25) is 0 Å². The minimum absolute atomic E-state index is 0.181. The van der Waals surface area contributed by atoms with Gasteiger partial charge in [0, 0.05) is 5.92 Å². The van der Waals surface area contributed by atoms with Crippen LogP contribution in [0.2, 0.25) is 0 Å². The average Bonchev–Trinajstić information content (AvgIpc) is 2.72. The van der Waals surface area contributed by atoms with E-state index in [1.807, 2.05) is 0 Å². The first kappa shape index (κ1) is 24.0. The molecular weight excluding hydrogens is 379 g/mol. The summed E-state index contributed by atoms with van der Waals surface area (Å²) in [5, 5.41) is 0. The van der Waals surface area contributed by atoms with Crippen LogP contribution in [0, 0.1) is 0 Å². The fourth-order valence-electron chi connectivity index (χ4n) is 4.02. The Kier molecular flexibility index (Phi) is 11.5. The zero-order chi connectivity index (χ0) is 20.8. The van der Waals surface area contributed by atoms with E-state index in [2.05, 4.69) is 60.7 Å². The average molecular weight is 419 g/mol. The quantitative estimate of drug-likeness (QED) is 0.226. The zero-order valence-corrected chi connectivity index (χ0v) is 18.7. The van der Waals surface area contributed by atoms with Gasteiger partial charge in [-0.1, -0.05) is 60.7 Å². The Morgan fingerprint density at radius 2 is 0.897 bits per heavy atom. The van der Waals surface area contributed by atoms with Crippen LogP contribution in [-0.4, -0.2) is 20.8 Å². The van der Waals surface area contributed by atoms with E-state index < -0.39 is 7.94 Å². The van der Waals surface area contributed by atoms with Gasteiger partial charge < -0.3 is 0 Å². The third-order valence-corrected chi connectivity index (χ3v) is 6.68. The van der Waals surface area contributed by atoms with Crippen LogP contribution in [0.3, 0.4) is 0 Å². The third-order valence-electron chi connectivity index (χ3n) is 5.66. The van der Waals surface area contributed by atoms with Crippen LogP contribution in [0.25, 0.3) is 0 Å². The van der Waals surface area contributed by atoms with Crippen LogP contribution < -0.4 is 0 Å². The third kappa shape index (κ3) is 10.9. The van der Waals surface area contributed by atoms with Crippen molar-refractivity contribution >= 4 is 7.94 Å². The van der Waals surface area contributed by atoms with Crippen LogP contribution in [0.4, 0.5) is 0 Å². The molecule has 2 rings (SSSR count). The van der Waals surface area contributed by atoms with Gasteiger partial charge in [-0.15, -0.1) is 0 Å². The number of rotatable bonds is 15. The second-order valence-electron chi connectivity index (χ2n) is 8.22. The van der Waals surface area contributed by atoms with Crippen LogP contribution in [0.5, 0.6) is 0 Å². The minimum Gasteiger partial charge on any atom is -0.0622 e. The van der Waals surface area contributed by atoms with Crippen molar-refractivity contribution in [1.82, 2.24) is 0 Å². The van der Waals surface area contributed by atoms with E-state index in [1.165, 1.54) is 62.5 Å². The number of unbranched alkanes of at least 4 members (excludes halogenated alkanes) is 9. The number of hydrogen-bond donors (Lipinski definition) is 3. The summed E-state index contributed by atoms with van der Waals surface area (Å²) in [7, 11) is -3.80. The molecule has 0 bridgehead atoms. The first-order valence-electron chi connectivity index (χ1n) is 11.3. The molecule has 0 aromatic heterocycles. The molecule has 0 heterocycles. The number of hydrogen-bond acceptors (Lipinski definition) is 3. The molecule has 2 aromatic carbocycles. The second-order valence-corrected chi connectivity index (χ2v) is 10.3. The Morgan fingerprint density at radius 1 is 0.517 bits per heavy atom. The number of benzene rings is 2. The smallest absolute Gasteiger partial charge is 0.0622 e. The predicted molar refractivity (Wildman–Crippen MR) is 125 cm³/mol. The molecule has 0 radical (unpaired) electrons. The molecule has 0 aliphatic rings. The normalized spacial score (nSPS) is 12.4. The van der Waals surface area contributed by atoms with Crippen molar-refractivity contribution in [3.63, 3.8) is 0 Å². The monoisotopic (exact) mass is 418 g/mol. The summed E-state index contributed by atoms with van der Waals surface area (Å²) < 4.78 is 0. The molecule has 2 aromatic rings. The molecule has 3 N–H and O–H groups in total. The molecule has 0 fully saturated rings. The summed E-state index contributed by atoms with van der Waals surface area (Å²) >= 11 is 0. The molecular formula is C25H39O3P. The second kappa shape index (κ2) is 13.9. The molecule has 0 amide bonds. The summed E-state index contributed by atoms with van der Waals surface area (Å²) in [4.78, 5) is 26.9. The predicted octanol–water partition coefficient (Wildman–Crippen LogP) is 6.58. The van der Waals surface area contributed by atoms with E-state index in [1.54, 1.807) is 0 Å². The van der Waals surface area contributed by atoms with Crippen LogP contribution in [0.1, 0.15) is 87.7 Å². The van der Waals surface area contributed by atoms with E-state index in [4.69, 9.17) is 14.7 Å². The van der Waals surface area contributed by atoms with Gasteiger partial charge in [-0.3, -0.25) is 0 Å². The molecule has 0 saturated carbocycles. The Hall–Kier alpha value is -1.25. The molecule has 0 unspecified atom stereocenters. The van der Waals surface area contributed by atoms with Crippen molar-refractivity contribution in [2.45, 2.75) is 76.5 Å². The van der Waals surface area contributed by atoms with Crippen molar-refractivity contribution in [1.29, 1.82) is 0 Å². The first-order valence-corrected chi connectivity index (χ1v) is 13.4. The van der Waals surface area contributed by atoms with E-state index in [0.717, 1.165) is 19.3 Å². The van der Waals surface area contributed by atoms with Gasteiger partial charge in [-0.25, -0.2) is 0 Å². The molecule has 4 heteroatoms. The van der Waals surface area contributed by atoms with Gasteiger partial charge in [0.25, 0.3) is 0 Å². The van der Waals surface area contributed by atoms with E-state index in [-0.39, 0.29) is 6.16 Å². The summed E-state index contributed by atoms with van der Waals surface area (Å²) in [6.07, 6.45) is 13.2. The Bertz CT molecular complexity index is 601. The molecule has 0 aliphatic carbocycles. The first-order chi connectivity index (χ1) is 14.1. The summed E-state index contributed by atoms with van der Waals surface area (Å²) in [5.41, 5.74) is 2.84. The fraction of sp³-hybridized carbons (Fsp3) is 0.520. The van der Waals surface area contributed by atoms with E-state index in [9.17, 15) is 0 Å². The van der Waals surface area contributed by atoms with Crippen molar-refractivity contribution in [2.75, 3.05) is 6.16 Å². The van der Waals surface area contributed by atoms with Gasteiger partial charge in [-0.2, -0.15) is 0 Å². The SMILES string of the molecule is O[PH](O)(O)CCCCCCCCCCCCC(c1ccccc1)c1ccccc1. The molecule has 0 aliphatic heterocycles. The van der Waals surface area contributed by atoms with Crippen molar-refractivity contribution in [3.8, 4) is 0 Å². The maximum absolute atomic E-state index is 8.97. The van der Waals surface area contributed by atoms with Crippen molar-refractivity contribution in [2.24, 2.45) is 0 Å². The van der Waals surface area contributed by atoms with Gasteiger partial charge in [-0.05, 0) is 11.1 Å². The minimum atomic E-state index is -3.80. The van der Waals surface area contributed by atoms with Crippen LogP contribution in [-0.2, 0) is 0 Å². The van der Waals surface area contributed by atoms with Crippen molar-refractivity contribution < 1.29 is 14.7 Å². The van der Waals surface area contributed by atoms with Gasteiger partial charge >= 0.3 is 99.4 Å². The van der Waals surface area contributed by atoms with E-state index in [0.29, 0.717) is 5.92 Å². The topological polar surface area (TPSA) is 60.7 Å². The Balaban J connectivity index is 1.55. The van der Waals surface area contributed by atoms with Crippen LogP contribution >= 0.6 is 7.94 Å². The van der Waals surface area contributed by atoms with Gasteiger partial charge in [0.1, 0.15) is 0 Å². The summed E-state index contributed by atoms with van der Waals surface area (Å²) in [6, 6.07) is 21.7. The summed E-state index contributed by atoms with van der Waals surface area (Å²) in [6.45, 7) is 0.